The van der Waals surface area contributed by atoms with E-state index in [4.69, 9.17) is 0 Å². The number of rotatable bonds is 6. The van der Waals surface area contributed by atoms with Gasteiger partial charge in [-0.25, -0.2) is 8.78 Å². The van der Waals surface area contributed by atoms with Gasteiger partial charge >= 0.3 is 0 Å². The number of carbonyl (C=O) groups is 1. The first-order valence-electron chi connectivity index (χ1n) is 12.1. The van der Waals surface area contributed by atoms with Crippen LogP contribution < -0.4 is 0 Å². The lowest BCUT2D eigenvalue weighted by Crippen LogP contribution is -2.28. The molecule has 8 heteroatoms. The number of halogens is 2. The fraction of sp³-hybridized carbons (Fsp3) is 0.333. The minimum absolute atomic E-state index is 0.0887. The summed E-state index contributed by atoms with van der Waals surface area (Å²) in [6.45, 7) is 4.12. The van der Waals surface area contributed by atoms with Gasteiger partial charge in [-0.05, 0) is 61.3 Å². The van der Waals surface area contributed by atoms with Crippen molar-refractivity contribution < 1.29 is 13.6 Å². The molecule has 0 aliphatic carbocycles. The van der Waals surface area contributed by atoms with Crippen LogP contribution in [0.1, 0.15) is 34.5 Å². The summed E-state index contributed by atoms with van der Waals surface area (Å²) in [5, 5.41) is 5.21. The maximum absolute atomic E-state index is 15.2. The summed E-state index contributed by atoms with van der Waals surface area (Å²) in [7, 11) is 1.81. The van der Waals surface area contributed by atoms with E-state index in [1.807, 2.05) is 48.3 Å². The molecule has 0 spiro atoms. The summed E-state index contributed by atoms with van der Waals surface area (Å²) in [4.78, 5) is 17.1. The lowest BCUT2D eigenvalue weighted by atomic mass is 9.99. The summed E-state index contributed by atoms with van der Waals surface area (Å²) in [5.74, 6) is -1.47. The average Bonchev–Trinajstić information content (AvgIpc) is 3.60. The SMILES string of the molecule is Cn1cc2c(-c3cc(F)c(CN4Cc5ccn(CCN6CCCC6)c5C4=O)c(F)c3)cccc2n1. The molecule has 0 N–H and O–H groups in total. The normalized spacial score (nSPS) is 16.1. The highest BCUT2D eigenvalue weighted by Gasteiger charge is 2.32. The third-order valence-corrected chi connectivity index (χ3v) is 7.22. The quantitative estimate of drug-likeness (QED) is 0.410. The van der Waals surface area contributed by atoms with Crippen molar-refractivity contribution in [3.05, 3.63) is 77.2 Å². The van der Waals surface area contributed by atoms with Gasteiger partial charge in [0.25, 0.3) is 5.91 Å². The maximum Gasteiger partial charge on any atom is 0.271 e. The number of aryl methyl sites for hydroxylation is 1. The minimum Gasteiger partial charge on any atom is -0.342 e. The van der Waals surface area contributed by atoms with Crippen LogP contribution in [-0.4, -0.2) is 49.7 Å². The maximum atomic E-state index is 15.2. The predicted molar refractivity (Wildman–Crippen MR) is 130 cm³/mol. The number of nitrogens with zero attached hydrogens (tertiary/aromatic N) is 5. The molecule has 180 valence electrons. The number of hydrogen-bond donors (Lipinski definition) is 0. The molecule has 1 saturated heterocycles. The summed E-state index contributed by atoms with van der Waals surface area (Å²) in [6.07, 6.45) is 6.24. The van der Waals surface area contributed by atoms with E-state index in [-0.39, 0.29) is 18.0 Å². The third-order valence-electron chi connectivity index (χ3n) is 7.22. The number of aromatic nitrogens is 3. The van der Waals surface area contributed by atoms with E-state index in [1.165, 1.54) is 29.9 Å². The van der Waals surface area contributed by atoms with Gasteiger partial charge in [-0.15, -0.1) is 0 Å². The summed E-state index contributed by atoms with van der Waals surface area (Å²) < 4.78 is 34.1. The highest BCUT2D eigenvalue weighted by atomic mass is 19.1. The number of carbonyl (C=O) groups excluding carboxylic acids is 1. The van der Waals surface area contributed by atoms with Crippen LogP contribution in [0.5, 0.6) is 0 Å². The number of likely N-dealkylation sites (tertiary alicyclic amines) is 1. The Labute approximate surface area is 202 Å². The zero-order valence-corrected chi connectivity index (χ0v) is 19.7. The second kappa shape index (κ2) is 8.61. The van der Waals surface area contributed by atoms with Crippen molar-refractivity contribution in [1.29, 1.82) is 0 Å². The van der Waals surface area contributed by atoms with Crippen LogP contribution in [-0.2, 0) is 26.7 Å². The molecule has 0 radical (unpaired) electrons. The standard InChI is InChI=1S/C27H27F2N5O/c1-31-16-21-20(5-4-6-25(21)30-31)19-13-23(28)22(24(29)14-19)17-34-15-18-7-10-33(26(18)27(34)35)12-11-32-8-2-3-9-32/h4-7,10,13-14,16H,2-3,8-9,11-12,15,17H2,1H3. The van der Waals surface area contributed by atoms with E-state index in [1.54, 1.807) is 4.68 Å². The Balaban J connectivity index is 1.23. The molecule has 6 rings (SSSR count). The average molecular weight is 476 g/mol. The van der Waals surface area contributed by atoms with Crippen molar-refractivity contribution in [1.82, 2.24) is 24.1 Å². The molecule has 2 aromatic heterocycles. The van der Waals surface area contributed by atoms with Gasteiger partial charge in [0.05, 0.1) is 12.1 Å². The van der Waals surface area contributed by atoms with Crippen molar-refractivity contribution >= 4 is 16.8 Å². The summed E-state index contributed by atoms with van der Waals surface area (Å²) >= 11 is 0. The number of amides is 1. The molecule has 0 unspecified atom stereocenters. The molecule has 0 atom stereocenters. The van der Waals surface area contributed by atoms with E-state index in [0.717, 1.165) is 48.2 Å². The van der Waals surface area contributed by atoms with Gasteiger partial charge in [-0.2, -0.15) is 5.10 Å². The number of fused-ring (bicyclic) bond motifs is 2. The molecule has 4 heterocycles. The molecule has 1 fully saturated rings. The van der Waals surface area contributed by atoms with Crippen molar-refractivity contribution in [2.75, 3.05) is 19.6 Å². The first kappa shape index (κ1) is 22.0. The van der Waals surface area contributed by atoms with Crippen LogP contribution in [0.25, 0.3) is 22.0 Å². The minimum atomic E-state index is -0.651. The van der Waals surface area contributed by atoms with Gasteiger partial charge in [-0.1, -0.05) is 12.1 Å². The Kier molecular flexibility index (Phi) is 5.40. The lowest BCUT2D eigenvalue weighted by molar-refractivity contribution is 0.0753. The molecule has 6 nitrogen and oxygen atoms in total. The fourth-order valence-corrected chi connectivity index (χ4v) is 5.42. The second-order valence-corrected chi connectivity index (χ2v) is 9.55. The first-order valence-corrected chi connectivity index (χ1v) is 12.1. The summed E-state index contributed by atoms with van der Waals surface area (Å²) in [5.41, 5.74) is 3.40. The Bertz CT molecular complexity index is 1410. The van der Waals surface area contributed by atoms with Gasteiger partial charge in [0, 0.05) is 55.6 Å². The molecule has 1 amide bonds. The lowest BCUT2D eigenvalue weighted by Gasteiger charge is -2.19. The summed E-state index contributed by atoms with van der Waals surface area (Å²) in [6, 6.07) is 10.2. The van der Waals surface area contributed by atoms with Crippen LogP contribution in [0, 0.1) is 11.6 Å². The predicted octanol–water partition coefficient (Wildman–Crippen LogP) is 4.57. The smallest absolute Gasteiger partial charge is 0.271 e. The monoisotopic (exact) mass is 475 g/mol. The molecule has 0 bridgehead atoms. The van der Waals surface area contributed by atoms with E-state index < -0.39 is 11.6 Å². The van der Waals surface area contributed by atoms with Crippen LogP contribution in [0.4, 0.5) is 8.78 Å². The van der Waals surface area contributed by atoms with Crippen molar-refractivity contribution in [2.24, 2.45) is 7.05 Å². The Hall–Kier alpha value is -3.52. The van der Waals surface area contributed by atoms with Gasteiger partial charge < -0.3 is 14.4 Å². The highest BCUT2D eigenvalue weighted by Crippen LogP contribution is 2.32. The number of benzene rings is 2. The molecule has 2 aliphatic rings. The fourth-order valence-electron chi connectivity index (χ4n) is 5.42. The molecule has 35 heavy (non-hydrogen) atoms. The van der Waals surface area contributed by atoms with Crippen molar-refractivity contribution in [3.8, 4) is 11.1 Å². The van der Waals surface area contributed by atoms with E-state index in [2.05, 4.69) is 10.00 Å². The molecular formula is C27H27F2N5O. The second-order valence-electron chi connectivity index (χ2n) is 9.55. The first-order chi connectivity index (χ1) is 17.0. The van der Waals surface area contributed by atoms with Crippen molar-refractivity contribution in [2.45, 2.75) is 32.5 Å². The zero-order chi connectivity index (χ0) is 24.1. The topological polar surface area (TPSA) is 46.3 Å². The van der Waals surface area contributed by atoms with Crippen LogP contribution in [0.15, 0.2) is 48.8 Å². The Morgan fingerprint density at radius 2 is 1.80 bits per heavy atom. The van der Waals surface area contributed by atoms with Crippen LogP contribution in [0.3, 0.4) is 0 Å². The van der Waals surface area contributed by atoms with Gasteiger partial charge in [0.1, 0.15) is 17.3 Å². The van der Waals surface area contributed by atoms with E-state index in [9.17, 15) is 4.79 Å². The van der Waals surface area contributed by atoms with Crippen LogP contribution >= 0.6 is 0 Å². The van der Waals surface area contributed by atoms with Gasteiger partial charge in [-0.3, -0.25) is 9.48 Å². The molecular weight excluding hydrogens is 448 g/mol. The highest BCUT2D eigenvalue weighted by molar-refractivity contribution is 5.97. The zero-order valence-electron chi connectivity index (χ0n) is 19.7. The molecule has 4 aromatic rings. The van der Waals surface area contributed by atoms with Crippen molar-refractivity contribution in [3.63, 3.8) is 0 Å². The van der Waals surface area contributed by atoms with E-state index >= 15 is 8.78 Å². The van der Waals surface area contributed by atoms with Crippen LogP contribution in [0.2, 0.25) is 0 Å². The Morgan fingerprint density at radius 1 is 1.03 bits per heavy atom. The van der Waals surface area contributed by atoms with Gasteiger partial charge in [0.15, 0.2) is 0 Å². The molecule has 2 aromatic carbocycles. The molecule has 0 saturated carbocycles. The largest absolute Gasteiger partial charge is 0.342 e. The third kappa shape index (κ3) is 3.91. The number of hydrogen-bond acceptors (Lipinski definition) is 3. The van der Waals surface area contributed by atoms with E-state index in [0.29, 0.717) is 17.8 Å². The Morgan fingerprint density at radius 3 is 2.57 bits per heavy atom. The van der Waals surface area contributed by atoms with Gasteiger partial charge in [0.2, 0.25) is 0 Å². The molecule has 2 aliphatic heterocycles.